The normalized spacial score (nSPS) is 15.8. The van der Waals surface area contributed by atoms with Gasteiger partial charge in [-0.25, -0.2) is 12.7 Å². The highest BCUT2D eigenvalue weighted by molar-refractivity contribution is 9.10. The molecule has 162 valence electrons. The molecule has 0 unspecified atom stereocenters. The summed E-state index contributed by atoms with van der Waals surface area (Å²) in [5.74, 6) is -0.212. The van der Waals surface area contributed by atoms with E-state index in [0.29, 0.717) is 25.9 Å². The Morgan fingerprint density at radius 1 is 1.10 bits per heavy atom. The van der Waals surface area contributed by atoms with Crippen LogP contribution in [0.2, 0.25) is 0 Å². The Bertz CT molecular complexity index is 953. The van der Waals surface area contributed by atoms with Gasteiger partial charge in [0.1, 0.15) is 0 Å². The molecule has 0 saturated carbocycles. The fraction of sp³-hybridized carbons (Fsp3) is 0.435. The number of benzene rings is 2. The fourth-order valence-corrected chi connectivity index (χ4v) is 5.70. The predicted octanol–water partition coefficient (Wildman–Crippen LogP) is 4.97. The third kappa shape index (κ3) is 6.40. The van der Waals surface area contributed by atoms with Crippen molar-refractivity contribution in [3.8, 4) is 0 Å². The first-order chi connectivity index (χ1) is 14.4. The second kappa shape index (κ2) is 10.6. The Hall–Kier alpha value is -1.70. The van der Waals surface area contributed by atoms with E-state index in [0.717, 1.165) is 35.0 Å². The van der Waals surface area contributed by atoms with Crippen LogP contribution < -0.4 is 5.32 Å². The zero-order chi connectivity index (χ0) is 21.6. The van der Waals surface area contributed by atoms with Crippen LogP contribution in [0.5, 0.6) is 0 Å². The molecule has 1 N–H and O–H groups in total. The Balaban J connectivity index is 1.51. The molecule has 1 aliphatic heterocycles. The minimum Gasteiger partial charge on any atom is -0.326 e. The first-order valence-electron chi connectivity index (χ1n) is 10.5. The molecule has 0 bridgehead atoms. The lowest BCUT2D eigenvalue weighted by molar-refractivity contribution is -0.120. The lowest BCUT2D eigenvalue weighted by atomic mass is 9.97. The van der Waals surface area contributed by atoms with Crippen molar-refractivity contribution >= 4 is 37.5 Å². The van der Waals surface area contributed by atoms with Crippen molar-refractivity contribution in [2.24, 2.45) is 5.92 Å². The van der Waals surface area contributed by atoms with E-state index < -0.39 is 10.0 Å². The van der Waals surface area contributed by atoms with E-state index in [1.165, 1.54) is 9.87 Å². The van der Waals surface area contributed by atoms with Gasteiger partial charge in [-0.15, -0.1) is 0 Å². The number of hydrogen-bond donors (Lipinski definition) is 1. The topological polar surface area (TPSA) is 66.5 Å². The molecule has 0 radical (unpaired) electrons. The monoisotopic (exact) mass is 492 g/mol. The van der Waals surface area contributed by atoms with Gasteiger partial charge in [-0.3, -0.25) is 4.79 Å². The lowest BCUT2D eigenvalue weighted by Gasteiger charge is -2.30. The Labute approximate surface area is 188 Å². The second-order valence-electron chi connectivity index (χ2n) is 7.85. The third-order valence-electron chi connectivity index (χ3n) is 5.50. The number of nitrogens with one attached hydrogen (secondary N) is 1. The lowest BCUT2D eigenvalue weighted by Crippen LogP contribution is -2.41. The van der Waals surface area contributed by atoms with Crippen molar-refractivity contribution in [1.82, 2.24) is 4.31 Å². The number of unbranched alkanes of at least 4 members (excludes halogenated alkanes) is 1. The van der Waals surface area contributed by atoms with Crippen LogP contribution in [-0.4, -0.2) is 31.7 Å². The number of piperidine rings is 1. The van der Waals surface area contributed by atoms with Crippen molar-refractivity contribution < 1.29 is 13.2 Å². The quantitative estimate of drug-likeness (QED) is 0.565. The Kier molecular flexibility index (Phi) is 8.08. The molecule has 3 rings (SSSR count). The average Bonchev–Trinajstić information content (AvgIpc) is 2.73. The van der Waals surface area contributed by atoms with Gasteiger partial charge in [-0.2, -0.15) is 0 Å². The van der Waals surface area contributed by atoms with Crippen LogP contribution in [0.1, 0.15) is 43.7 Å². The molecular weight excluding hydrogens is 464 g/mol. The zero-order valence-electron chi connectivity index (χ0n) is 17.3. The summed E-state index contributed by atoms with van der Waals surface area (Å²) in [4.78, 5) is 12.6. The molecule has 2 aromatic rings. The number of hydrogen-bond acceptors (Lipinski definition) is 3. The molecule has 1 aliphatic rings. The Morgan fingerprint density at radius 2 is 1.80 bits per heavy atom. The predicted molar refractivity (Wildman–Crippen MR) is 125 cm³/mol. The van der Waals surface area contributed by atoms with Gasteiger partial charge in [0.15, 0.2) is 0 Å². The minimum absolute atomic E-state index is 0.0202. The van der Waals surface area contributed by atoms with E-state index in [-0.39, 0.29) is 17.6 Å². The number of carbonyl (C=O) groups is 1. The highest BCUT2D eigenvalue weighted by Crippen LogP contribution is 2.24. The van der Waals surface area contributed by atoms with E-state index >= 15 is 0 Å². The summed E-state index contributed by atoms with van der Waals surface area (Å²) in [6.45, 7) is 2.93. The average molecular weight is 493 g/mol. The van der Waals surface area contributed by atoms with Crippen LogP contribution in [0.25, 0.3) is 0 Å². The molecule has 1 fully saturated rings. The summed E-state index contributed by atoms with van der Waals surface area (Å²) >= 11 is 3.38. The van der Waals surface area contributed by atoms with Gasteiger partial charge in [0.05, 0.1) is 5.75 Å². The maximum absolute atomic E-state index is 12.8. The van der Waals surface area contributed by atoms with Crippen LogP contribution in [-0.2, 0) is 27.0 Å². The van der Waals surface area contributed by atoms with Gasteiger partial charge in [-0.1, -0.05) is 53.5 Å². The molecule has 1 amide bonds. The number of sulfonamides is 1. The van der Waals surface area contributed by atoms with Crippen LogP contribution >= 0.6 is 15.9 Å². The first-order valence-corrected chi connectivity index (χ1v) is 12.9. The highest BCUT2D eigenvalue weighted by atomic mass is 79.9. The zero-order valence-corrected chi connectivity index (χ0v) is 19.7. The van der Waals surface area contributed by atoms with Gasteiger partial charge in [-0.05, 0) is 61.1 Å². The van der Waals surface area contributed by atoms with E-state index in [9.17, 15) is 13.2 Å². The number of rotatable bonds is 8. The van der Waals surface area contributed by atoms with Crippen molar-refractivity contribution in [3.05, 3.63) is 64.1 Å². The standard InChI is InChI=1S/C23H29BrN2O3S/c1-2-3-5-18-8-10-22(11-9-18)25-23(27)20-12-14-26(15-13-20)30(28,29)17-19-6-4-7-21(24)16-19/h4,6-11,16,20H,2-3,5,12-15,17H2,1H3,(H,25,27). The van der Waals surface area contributed by atoms with Crippen molar-refractivity contribution in [3.63, 3.8) is 0 Å². The van der Waals surface area contributed by atoms with Gasteiger partial charge in [0.2, 0.25) is 15.9 Å². The van der Waals surface area contributed by atoms with Crippen molar-refractivity contribution in [2.45, 2.75) is 44.8 Å². The van der Waals surface area contributed by atoms with Crippen LogP contribution in [0, 0.1) is 5.92 Å². The molecule has 0 aromatic heterocycles. The van der Waals surface area contributed by atoms with Gasteiger partial charge >= 0.3 is 0 Å². The van der Waals surface area contributed by atoms with Gasteiger partial charge in [0, 0.05) is 29.2 Å². The number of aryl methyl sites for hydroxylation is 1. The molecule has 1 heterocycles. The molecular formula is C23H29BrN2O3S. The van der Waals surface area contributed by atoms with Crippen molar-refractivity contribution in [2.75, 3.05) is 18.4 Å². The molecule has 5 nitrogen and oxygen atoms in total. The van der Waals surface area contributed by atoms with Crippen LogP contribution in [0.15, 0.2) is 53.0 Å². The number of anilines is 1. The summed E-state index contributed by atoms with van der Waals surface area (Å²) in [7, 11) is -3.39. The van der Waals surface area contributed by atoms with E-state index in [1.54, 1.807) is 0 Å². The van der Waals surface area contributed by atoms with E-state index in [4.69, 9.17) is 0 Å². The molecule has 0 atom stereocenters. The summed E-state index contributed by atoms with van der Waals surface area (Å²) in [5.41, 5.74) is 2.83. The first kappa shape index (κ1) is 23.0. The molecule has 30 heavy (non-hydrogen) atoms. The molecule has 0 aliphatic carbocycles. The maximum Gasteiger partial charge on any atom is 0.227 e. The summed E-state index contributed by atoms with van der Waals surface area (Å²) in [6.07, 6.45) is 4.46. The van der Waals surface area contributed by atoms with Crippen molar-refractivity contribution in [1.29, 1.82) is 0 Å². The summed E-state index contributed by atoms with van der Waals surface area (Å²) in [6, 6.07) is 15.4. The highest BCUT2D eigenvalue weighted by Gasteiger charge is 2.31. The van der Waals surface area contributed by atoms with Crippen LogP contribution in [0.3, 0.4) is 0 Å². The van der Waals surface area contributed by atoms with Crippen LogP contribution in [0.4, 0.5) is 5.69 Å². The summed E-state index contributed by atoms with van der Waals surface area (Å²) < 4.78 is 27.9. The SMILES string of the molecule is CCCCc1ccc(NC(=O)C2CCN(S(=O)(=O)Cc3cccc(Br)c3)CC2)cc1. The molecule has 2 aromatic carbocycles. The number of carbonyl (C=O) groups excluding carboxylic acids is 1. The summed E-state index contributed by atoms with van der Waals surface area (Å²) in [5, 5.41) is 2.98. The number of nitrogens with zero attached hydrogens (tertiary/aromatic N) is 1. The molecule has 7 heteroatoms. The molecule has 0 spiro atoms. The minimum atomic E-state index is -3.39. The second-order valence-corrected chi connectivity index (χ2v) is 10.7. The smallest absolute Gasteiger partial charge is 0.227 e. The number of amides is 1. The van der Waals surface area contributed by atoms with Gasteiger partial charge in [0.25, 0.3) is 0 Å². The molecule has 1 saturated heterocycles. The van der Waals surface area contributed by atoms with E-state index in [2.05, 4.69) is 40.3 Å². The van der Waals surface area contributed by atoms with Gasteiger partial charge < -0.3 is 5.32 Å². The fourth-order valence-electron chi connectivity index (χ4n) is 3.70. The number of halogens is 1. The third-order valence-corrected chi connectivity index (χ3v) is 7.84. The Morgan fingerprint density at radius 3 is 2.43 bits per heavy atom. The maximum atomic E-state index is 12.8. The van der Waals surface area contributed by atoms with E-state index in [1.807, 2.05) is 36.4 Å². The largest absolute Gasteiger partial charge is 0.326 e.